The van der Waals surface area contributed by atoms with E-state index in [0.29, 0.717) is 0 Å². The summed E-state index contributed by atoms with van der Waals surface area (Å²) < 4.78 is 5.37. The van der Waals surface area contributed by atoms with Crippen LogP contribution >= 0.6 is 0 Å². The van der Waals surface area contributed by atoms with Crippen LogP contribution in [-0.2, 0) is 11.2 Å². The fourth-order valence-electron chi connectivity index (χ4n) is 2.13. The molecule has 0 aromatic heterocycles. The van der Waals surface area contributed by atoms with Crippen molar-refractivity contribution in [2.24, 2.45) is 0 Å². The molecule has 0 saturated carbocycles. The van der Waals surface area contributed by atoms with Gasteiger partial charge in [0.25, 0.3) is 0 Å². The van der Waals surface area contributed by atoms with E-state index in [1.54, 1.807) is 13.2 Å². The summed E-state index contributed by atoms with van der Waals surface area (Å²) >= 11 is 0. The van der Waals surface area contributed by atoms with E-state index in [4.69, 9.17) is 9.84 Å². The van der Waals surface area contributed by atoms with Crippen LogP contribution in [0.25, 0.3) is 11.1 Å². The summed E-state index contributed by atoms with van der Waals surface area (Å²) in [6, 6.07) is 13.5. The van der Waals surface area contributed by atoms with Gasteiger partial charge >= 0.3 is 5.97 Å². The second kappa shape index (κ2) is 5.57. The highest BCUT2D eigenvalue weighted by atomic mass is 16.5. The molecule has 0 fully saturated rings. The average Bonchev–Trinajstić information content (AvgIpc) is 2.38. The van der Waals surface area contributed by atoms with Crippen molar-refractivity contribution < 1.29 is 14.6 Å². The Balaban J connectivity index is 2.53. The Morgan fingerprint density at radius 1 is 1.16 bits per heavy atom. The number of benzene rings is 2. The van der Waals surface area contributed by atoms with Gasteiger partial charge in [0.2, 0.25) is 0 Å². The Kier molecular flexibility index (Phi) is 3.85. The Bertz CT molecular complexity index is 603. The van der Waals surface area contributed by atoms with Gasteiger partial charge in [-0.25, -0.2) is 0 Å². The van der Waals surface area contributed by atoms with E-state index in [1.165, 1.54) is 0 Å². The molecule has 0 atom stereocenters. The molecule has 0 bridgehead atoms. The molecule has 2 aromatic rings. The van der Waals surface area contributed by atoms with Crippen molar-refractivity contribution in [2.45, 2.75) is 13.3 Å². The van der Waals surface area contributed by atoms with Gasteiger partial charge in [0.1, 0.15) is 5.75 Å². The van der Waals surface area contributed by atoms with Crippen LogP contribution in [0.3, 0.4) is 0 Å². The molecule has 1 N–H and O–H groups in total. The van der Waals surface area contributed by atoms with Gasteiger partial charge in [-0.05, 0) is 35.7 Å². The number of rotatable bonds is 4. The lowest BCUT2D eigenvalue weighted by Gasteiger charge is -2.12. The molecule has 0 amide bonds. The first-order chi connectivity index (χ1) is 9.11. The number of ether oxygens (including phenoxy) is 1. The largest absolute Gasteiger partial charge is 0.496 e. The number of carboxylic acid groups (broad SMARTS) is 1. The topological polar surface area (TPSA) is 46.5 Å². The zero-order valence-electron chi connectivity index (χ0n) is 11.0. The van der Waals surface area contributed by atoms with Crippen LogP contribution in [-0.4, -0.2) is 18.2 Å². The summed E-state index contributed by atoms with van der Waals surface area (Å²) in [6.45, 7) is 2.03. The maximum absolute atomic E-state index is 10.8. The van der Waals surface area contributed by atoms with Gasteiger partial charge < -0.3 is 9.84 Å². The van der Waals surface area contributed by atoms with Gasteiger partial charge in [0.05, 0.1) is 13.5 Å². The molecule has 2 aromatic carbocycles. The van der Waals surface area contributed by atoms with Crippen LogP contribution < -0.4 is 4.74 Å². The molecule has 0 saturated heterocycles. The highest BCUT2D eigenvalue weighted by molar-refractivity contribution is 5.76. The standard InChI is InChI=1S/C16H16O3/c1-11-5-3-4-6-13(11)14-9-12(10-16(17)18)7-8-15(14)19-2/h3-9H,10H2,1-2H3,(H,17,18). The van der Waals surface area contributed by atoms with Crippen LogP contribution in [0.4, 0.5) is 0 Å². The van der Waals surface area contributed by atoms with Gasteiger partial charge in [-0.3, -0.25) is 4.79 Å². The normalized spacial score (nSPS) is 10.2. The van der Waals surface area contributed by atoms with E-state index in [0.717, 1.165) is 28.0 Å². The maximum atomic E-state index is 10.8. The van der Waals surface area contributed by atoms with Crippen molar-refractivity contribution in [3.63, 3.8) is 0 Å². The lowest BCUT2D eigenvalue weighted by Crippen LogP contribution is -2.01. The van der Waals surface area contributed by atoms with Crippen molar-refractivity contribution in [2.75, 3.05) is 7.11 Å². The molecule has 98 valence electrons. The summed E-state index contributed by atoms with van der Waals surface area (Å²) in [7, 11) is 1.62. The molecule has 0 aliphatic carbocycles. The summed E-state index contributed by atoms with van der Waals surface area (Å²) in [5.74, 6) is -0.0793. The van der Waals surface area contributed by atoms with Crippen molar-refractivity contribution in [1.82, 2.24) is 0 Å². The number of carboxylic acids is 1. The Hall–Kier alpha value is -2.29. The summed E-state index contributed by atoms with van der Waals surface area (Å²) in [6.07, 6.45) is 0.0167. The van der Waals surface area contributed by atoms with Gasteiger partial charge in [-0.15, -0.1) is 0 Å². The quantitative estimate of drug-likeness (QED) is 0.913. The number of aliphatic carboxylic acids is 1. The predicted molar refractivity (Wildman–Crippen MR) is 74.5 cm³/mol. The summed E-state index contributed by atoms with van der Waals surface area (Å²) in [5, 5.41) is 8.88. The van der Waals surface area contributed by atoms with Crippen LogP contribution in [0.2, 0.25) is 0 Å². The van der Waals surface area contributed by atoms with Crippen LogP contribution in [0.15, 0.2) is 42.5 Å². The Labute approximate surface area is 112 Å². The lowest BCUT2D eigenvalue weighted by atomic mass is 9.97. The van der Waals surface area contributed by atoms with E-state index >= 15 is 0 Å². The summed E-state index contributed by atoms with van der Waals surface area (Å²) in [5.41, 5.74) is 3.89. The number of hydrogen-bond donors (Lipinski definition) is 1. The number of hydrogen-bond acceptors (Lipinski definition) is 2. The minimum Gasteiger partial charge on any atom is -0.496 e. The minimum atomic E-state index is -0.832. The van der Waals surface area contributed by atoms with Crippen LogP contribution in [0, 0.1) is 6.92 Å². The molecule has 2 rings (SSSR count). The number of carbonyl (C=O) groups is 1. The first-order valence-corrected chi connectivity index (χ1v) is 6.06. The molecule has 19 heavy (non-hydrogen) atoms. The highest BCUT2D eigenvalue weighted by Gasteiger charge is 2.10. The third-order valence-corrected chi connectivity index (χ3v) is 3.05. The minimum absolute atomic E-state index is 0.0167. The van der Waals surface area contributed by atoms with Crippen LogP contribution in [0.5, 0.6) is 5.75 Å². The second-order valence-corrected chi connectivity index (χ2v) is 4.42. The zero-order chi connectivity index (χ0) is 13.8. The molecular formula is C16H16O3. The molecule has 0 aliphatic rings. The molecule has 0 radical (unpaired) electrons. The maximum Gasteiger partial charge on any atom is 0.307 e. The van der Waals surface area contributed by atoms with E-state index in [2.05, 4.69) is 0 Å². The van der Waals surface area contributed by atoms with Gasteiger partial charge in [-0.1, -0.05) is 30.3 Å². The van der Waals surface area contributed by atoms with Crippen LogP contribution in [0.1, 0.15) is 11.1 Å². The van der Waals surface area contributed by atoms with E-state index in [-0.39, 0.29) is 6.42 Å². The molecule has 0 aliphatic heterocycles. The smallest absolute Gasteiger partial charge is 0.307 e. The van der Waals surface area contributed by atoms with Crippen molar-refractivity contribution in [3.8, 4) is 16.9 Å². The molecule has 0 heterocycles. The number of aryl methyl sites for hydroxylation is 1. The van der Waals surface area contributed by atoms with E-state index in [1.807, 2.05) is 43.3 Å². The van der Waals surface area contributed by atoms with Crippen molar-refractivity contribution in [1.29, 1.82) is 0 Å². The first kappa shape index (κ1) is 13.1. The van der Waals surface area contributed by atoms with Gasteiger partial charge in [-0.2, -0.15) is 0 Å². The molecule has 0 spiro atoms. The Morgan fingerprint density at radius 3 is 2.53 bits per heavy atom. The second-order valence-electron chi connectivity index (χ2n) is 4.42. The third-order valence-electron chi connectivity index (χ3n) is 3.05. The van der Waals surface area contributed by atoms with Crippen molar-refractivity contribution >= 4 is 5.97 Å². The molecular weight excluding hydrogens is 240 g/mol. The predicted octanol–water partition coefficient (Wildman–Crippen LogP) is 3.30. The first-order valence-electron chi connectivity index (χ1n) is 6.06. The van der Waals surface area contributed by atoms with Gasteiger partial charge in [0, 0.05) is 5.56 Å². The monoisotopic (exact) mass is 256 g/mol. The summed E-state index contributed by atoms with van der Waals surface area (Å²) in [4.78, 5) is 10.8. The molecule has 3 heteroatoms. The number of methoxy groups -OCH3 is 1. The average molecular weight is 256 g/mol. The van der Waals surface area contributed by atoms with Gasteiger partial charge in [0.15, 0.2) is 0 Å². The highest BCUT2D eigenvalue weighted by Crippen LogP contribution is 2.33. The lowest BCUT2D eigenvalue weighted by molar-refractivity contribution is -0.136. The van der Waals surface area contributed by atoms with Crippen molar-refractivity contribution in [3.05, 3.63) is 53.6 Å². The third kappa shape index (κ3) is 2.94. The van der Waals surface area contributed by atoms with E-state index < -0.39 is 5.97 Å². The molecule has 3 nitrogen and oxygen atoms in total. The fourth-order valence-corrected chi connectivity index (χ4v) is 2.13. The molecule has 0 unspecified atom stereocenters. The SMILES string of the molecule is COc1ccc(CC(=O)O)cc1-c1ccccc1C. The Morgan fingerprint density at radius 2 is 1.89 bits per heavy atom. The zero-order valence-corrected chi connectivity index (χ0v) is 11.0. The fraction of sp³-hybridized carbons (Fsp3) is 0.188. The van der Waals surface area contributed by atoms with E-state index in [9.17, 15) is 4.79 Å².